The van der Waals surface area contributed by atoms with E-state index in [0.717, 1.165) is 5.69 Å². The number of anilines is 3. The molecule has 0 radical (unpaired) electrons. The Kier molecular flexibility index (Phi) is 5.22. The van der Waals surface area contributed by atoms with Crippen molar-refractivity contribution >= 4 is 28.9 Å². The lowest BCUT2D eigenvalue weighted by Gasteiger charge is -2.27. The van der Waals surface area contributed by atoms with E-state index < -0.39 is 5.82 Å². The fourth-order valence-electron chi connectivity index (χ4n) is 2.86. The van der Waals surface area contributed by atoms with Gasteiger partial charge in [0.1, 0.15) is 17.4 Å². The van der Waals surface area contributed by atoms with Crippen molar-refractivity contribution in [1.82, 2.24) is 5.32 Å². The fourth-order valence-corrected chi connectivity index (χ4v) is 2.86. The van der Waals surface area contributed by atoms with Gasteiger partial charge in [0.25, 0.3) is 5.91 Å². The van der Waals surface area contributed by atoms with Gasteiger partial charge in [-0.3, -0.25) is 9.59 Å². The van der Waals surface area contributed by atoms with E-state index in [1.54, 1.807) is 24.3 Å². The van der Waals surface area contributed by atoms with Crippen LogP contribution in [0.25, 0.3) is 0 Å². The van der Waals surface area contributed by atoms with Crippen LogP contribution in [-0.4, -0.2) is 38.5 Å². The quantitative estimate of drug-likeness (QED) is 0.702. The zero-order chi connectivity index (χ0) is 19.4. The van der Waals surface area contributed by atoms with Gasteiger partial charge in [0.2, 0.25) is 5.91 Å². The van der Waals surface area contributed by atoms with E-state index in [9.17, 15) is 14.0 Å². The van der Waals surface area contributed by atoms with Gasteiger partial charge < -0.3 is 20.9 Å². The highest BCUT2D eigenvalue weighted by atomic mass is 19.1. The van der Waals surface area contributed by atoms with Crippen molar-refractivity contribution in [1.29, 1.82) is 5.26 Å². The topological polar surface area (TPSA) is 97.3 Å². The molecule has 0 saturated carbocycles. The number of benzene rings is 2. The highest BCUT2D eigenvalue weighted by Crippen LogP contribution is 2.29. The number of carbonyl (C=O) groups excluding carboxylic acids is 2. The average molecular weight is 367 g/mol. The normalized spacial score (nSPS) is 12.6. The molecule has 0 saturated heterocycles. The van der Waals surface area contributed by atoms with E-state index in [1.165, 1.54) is 12.1 Å². The second kappa shape index (κ2) is 7.74. The van der Waals surface area contributed by atoms with Gasteiger partial charge >= 0.3 is 0 Å². The number of halogens is 1. The first-order valence-electron chi connectivity index (χ1n) is 8.35. The van der Waals surface area contributed by atoms with E-state index in [4.69, 9.17) is 5.26 Å². The number of hydrogen-bond acceptors (Lipinski definition) is 5. The van der Waals surface area contributed by atoms with Gasteiger partial charge in [-0.15, -0.1) is 0 Å². The van der Waals surface area contributed by atoms with Gasteiger partial charge in [0, 0.05) is 25.7 Å². The summed E-state index contributed by atoms with van der Waals surface area (Å²) in [7, 11) is 1.81. The summed E-state index contributed by atoms with van der Waals surface area (Å²) < 4.78 is 13.5. The molecule has 0 bridgehead atoms. The lowest BCUT2D eigenvalue weighted by Crippen LogP contribution is -2.35. The molecule has 0 atom stereocenters. The largest absolute Gasteiger partial charge is 0.382 e. The maximum Gasteiger partial charge on any atom is 0.251 e. The molecule has 0 fully saturated rings. The van der Waals surface area contributed by atoms with Crippen LogP contribution in [0.15, 0.2) is 36.4 Å². The van der Waals surface area contributed by atoms with Crippen LogP contribution in [0.4, 0.5) is 21.5 Å². The van der Waals surface area contributed by atoms with Crippen molar-refractivity contribution in [2.24, 2.45) is 0 Å². The van der Waals surface area contributed by atoms with Crippen molar-refractivity contribution in [2.75, 3.05) is 42.2 Å². The summed E-state index contributed by atoms with van der Waals surface area (Å²) in [5, 5.41) is 17.4. The monoisotopic (exact) mass is 367 g/mol. The Morgan fingerprint density at radius 2 is 2.15 bits per heavy atom. The Labute approximate surface area is 155 Å². The van der Waals surface area contributed by atoms with Gasteiger partial charge in [0.05, 0.1) is 23.6 Å². The molecule has 0 aliphatic carbocycles. The molecular weight excluding hydrogens is 349 g/mol. The van der Waals surface area contributed by atoms with Crippen LogP contribution in [0.1, 0.15) is 15.9 Å². The molecule has 138 valence electrons. The molecule has 0 aromatic heterocycles. The Hall–Kier alpha value is -3.60. The first kappa shape index (κ1) is 18.2. The molecule has 27 heavy (non-hydrogen) atoms. The molecule has 2 aromatic rings. The predicted molar refractivity (Wildman–Crippen MR) is 100 cm³/mol. The minimum atomic E-state index is -0.590. The Balaban J connectivity index is 1.58. The molecule has 2 amide bonds. The summed E-state index contributed by atoms with van der Waals surface area (Å²) >= 11 is 0. The zero-order valence-corrected chi connectivity index (χ0v) is 14.7. The zero-order valence-electron chi connectivity index (χ0n) is 14.7. The van der Waals surface area contributed by atoms with Crippen molar-refractivity contribution < 1.29 is 14.0 Å². The molecule has 0 unspecified atom stereocenters. The van der Waals surface area contributed by atoms with E-state index in [-0.39, 0.29) is 30.5 Å². The number of hydrogen-bond donors (Lipinski definition) is 3. The number of nitriles is 1. The van der Waals surface area contributed by atoms with Crippen molar-refractivity contribution in [2.45, 2.75) is 0 Å². The molecule has 7 nitrogen and oxygen atoms in total. The van der Waals surface area contributed by atoms with Gasteiger partial charge in [-0.25, -0.2) is 4.39 Å². The number of rotatable bonds is 5. The Morgan fingerprint density at radius 1 is 1.33 bits per heavy atom. The number of fused-ring (bicyclic) bond motifs is 1. The van der Waals surface area contributed by atoms with Crippen molar-refractivity contribution in [3.05, 3.63) is 53.3 Å². The van der Waals surface area contributed by atoms with E-state index in [0.29, 0.717) is 23.5 Å². The highest BCUT2D eigenvalue weighted by Gasteiger charge is 2.20. The lowest BCUT2D eigenvalue weighted by atomic mass is 10.1. The lowest BCUT2D eigenvalue weighted by molar-refractivity contribution is -0.115. The van der Waals surface area contributed by atoms with Crippen molar-refractivity contribution in [3.63, 3.8) is 0 Å². The average Bonchev–Trinajstić information content (AvgIpc) is 2.64. The van der Waals surface area contributed by atoms with Crippen molar-refractivity contribution in [3.8, 4) is 6.07 Å². The maximum atomic E-state index is 13.5. The smallest absolute Gasteiger partial charge is 0.251 e. The standard InChI is InChI=1S/C19H18FN5O2/c1-25-11-18(26)24-16-9-12(5-6-17(16)25)19(27)23-8-7-22-15-4-2-3-14(20)13(15)10-21/h2-6,9,22H,7-8,11H2,1H3,(H,23,27)(H,24,26). The van der Waals surface area contributed by atoms with Crippen LogP contribution in [0, 0.1) is 17.1 Å². The molecule has 2 aromatic carbocycles. The summed E-state index contributed by atoms with van der Waals surface area (Å²) in [5.74, 6) is -1.01. The summed E-state index contributed by atoms with van der Waals surface area (Å²) in [5.41, 5.74) is 2.19. The Morgan fingerprint density at radius 3 is 2.93 bits per heavy atom. The number of likely N-dealkylation sites (N-methyl/N-ethyl adjacent to an activating group) is 1. The SMILES string of the molecule is CN1CC(=O)Nc2cc(C(=O)NCCNc3cccc(F)c3C#N)ccc21. The molecule has 1 heterocycles. The summed E-state index contributed by atoms with van der Waals surface area (Å²) in [6, 6.07) is 11.3. The second-order valence-corrected chi connectivity index (χ2v) is 6.09. The third-order valence-electron chi connectivity index (χ3n) is 4.18. The van der Waals surface area contributed by atoms with Gasteiger partial charge in [-0.05, 0) is 30.3 Å². The van der Waals surface area contributed by atoms with Crippen LogP contribution in [0.3, 0.4) is 0 Å². The molecule has 3 N–H and O–H groups in total. The number of nitrogens with zero attached hydrogens (tertiary/aromatic N) is 2. The minimum Gasteiger partial charge on any atom is -0.382 e. The number of nitrogens with one attached hydrogen (secondary N) is 3. The van der Waals surface area contributed by atoms with E-state index >= 15 is 0 Å². The first-order chi connectivity index (χ1) is 13.0. The molecule has 0 spiro atoms. The fraction of sp³-hybridized carbons (Fsp3) is 0.211. The van der Waals surface area contributed by atoms with Gasteiger partial charge in [0.15, 0.2) is 0 Å². The van der Waals surface area contributed by atoms with Crippen LogP contribution in [0.2, 0.25) is 0 Å². The second-order valence-electron chi connectivity index (χ2n) is 6.09. The maximum absolute atomic E-state index is 13.5. The van der Waals surface area contributed by atoms with Crippen LogP contribution >= 0.6 is 0 Å². The van der Waals surface area contributed by atoms with E-state index in [1.807, 2.05) is 18.0 Å². The molecule has 1 aliphatic heterocycles. The molecule has 3 rings (SSSR count). The minimum absolute atomic E-state index is 0.0571. The first-order valence-corrected chi connectivity index (χ1v) is 8.35. The van der Waals surface area contributed by atoms with Gasteiger partial charge in [-0.2, -0.15) is 5.26 Å². The highest BCUT2D eigenvalue weighted by molar-refractivity contribution is 6.03. The Bertz CT molecular complexity index is 938. The summed E-state index contributed by atoms with van der Waals surface area (Å²) in [6.07, 6.45) is 0. The summed E-state index contributed by atoms with van der Waals surface area (Å²) in [4.78, 5) is 25.7. The van der Waals surface area contributed by atoms with Crippen LogP contribution < -0.4 is 20.9 Å². The van der Waals surface area contributed by atoms with E-state index in [2.05, 4.69) is 16.0 Å². The number of carbonyl (C=O) groups is 2. The third kappa shape index (κ3) is 3.98. The van der Waals surface area contributed by atoms with Gasteiger partial charge in [-0.1, -0.05) is 6.07 Å². The van der Waals surface area contributed by atoms with Crippen LogP contribution in [-0.2, 0) is 4.79 Å². The number of amides is 2. The molecule has 1 aliphatic rings. The van der Waals surface area contributed by atoms with Crippen LogP contribution in [0.5, 0.6) is 0 Å². The third-order valence-corrected chi connectivity index (χ3v) is 4.18. The molecular formula is C19H18FN5O2. The molecule has 8 heteroatoms. The summed E-state index contributed by atoms with van der Waals surface area (Å²) in [6.45, 7) is 0.882. The predicted octanol–water partition coefficient (Wildman–Crippen LogP) is 1.93.